The van der Waals surface area contributed by atoms with Gasteiger partial charge in [0.1, 0.15) is 12.4 Å². The van der Waals surface area contributed by atoms with Gasteiger partial charge in [0, 0.05) is 32.4 Å². The summed E-state index contributed by atoms with van der Waals surface area (Å²) < 4.78 is 11.2. The molecular formula is C21H30N2O6. The second-order valence-corrected chi connectivity index (χ2v) is 7.11. The summed E-state index contributed by atoms with van der Waals surface area (Å²) in [5, 5.41) is 19.2. The van der Waals surface area contributed by atoms with Gasteiger partial charge in [0.25, 0.3) is 0 Å². The average molecular weight is 406 g/mol. The lowest BCUT2D eigenvalue weighted by Crippen LogP contribution is -2.36. The van der Waals surface area contributed by atoms with Crippen molar-refractivity contribution in [2.45, 2.75) is 26.2 Å². The van der Waals surface area contributed by atoms with Crippen molar-refractivity contribution in [3.63, 3.8) is 0 Å². The number of fused-ring (bicyclic) bond motifs is 2. The molecule has 0 spiro atoms. The minimum absolute atomic E-state index is 0.555. The number of nitrogens with zero attached hydrogens (tertiary/aromatic N) is 1. The number of hydrogen-bond donors (Lipinski definition) is 3. The molecule has 1 aromatic rings. The van der Waals surface area contributed by atoms with Gasteiger partial charge >= 0.3 is 11.9 Å². The smallest absolute Gasteiger partial charge is 0.328 e. The molecule has 0 amide bonds. The van der Waals surface area contributed by atoms with Crippen molar-refractivity contribution in [1.29, 1.82) is 0 Å². The van der Waals surface area contributed by atoms with Crippen LogP contribution in [-0.4, -0.2) is 68.7 Å². The van der Waals surface area contributed by atoms with E-state index in [1.165, 1.54) is 22.4 Å². The predicted molar refractivity (Wildman–Crippen MR) is 110 cm³/mol. The standard InChI is InChI=1S/C17H26N2O2.C4H4O4/c1-12-11-18-5-4-14-10-15-17(13(2)16(12)14)19(6-8-20-3)7-9-21-15;5-3(6)1-2-4(7)8/h10,12,18H,4-9,11H2,1-3H3;1-2H,(H,5,6)(H,7,8)/b;2-1+. The molecule has 0 saturated carbocycles. The maximum atomic E-state index is 9.55. The van der Waals surface area contributed by atoms with E-state index in [-0.39, 0.29) is 0 Å². The Labute approximate surface area is 171 Å². The number of aliphatic carboxylic acids is 2. The van der Waals surface area contributed by atoms with Gasteiger partial charge in [-0.3, -0.25) is 0 Å². The number of ether oxygens (including phenoxy) is 2. The molecule has 8 nitrogen and oxygen atoms in total. The second-order valence-electron chi connectivity index (χ2n) is 7.11. The van der Waals surface area contributed by atoms with Crippen molar-refractivity contribution in [3.05, 3.63) is 34.9 Å². The lowest BCUT2D eigenvalue weighted by molar-refractivity contribution is -0.134. The zero-order valence-corrected chi connectivity index (χ0v) is 17.2. The molecule has 3 N–H and O–H groups in total. The Morgan fingerprint density at radius 3 is 2.66 bits per heavy atom. The quantitative estimate of drug-likeness (QED) is 0.636. The number of anilines is 1. The van der Waals surface area contributed by atoms with Crippen molar-refractivity contribution >= 4 is 17.6 Å². The van der Waals surface area contributed by atoms with Crippen LogP contribution in [0.4, 0.5) is 5.69 Å². The molecule has 0 aromatic heterocycles. The van der Waals surface area contributed by atoms with E-state index in [1.807, 2.05) is 0 Å². The molecule has 1 atom stereocenters. The molecule has 1 aromatic carbocycles. The maximum absolute atomic E-state index is 9.55. The number of hydrogen-bond acceptors (Lipinski definition) is 6. The van der Waals surface area contributed by atoms with Crippen molar-refractivity contribution in [2.24, 2.45) is 0 Å². The Morgan fingerprint density at radius 2 is 2.03 bits per heavy atom. The van der Waals surface area contributed by atoms with E-state index in [2.05, 4.69) is 30.1 Å². The van der Waals surface area contributed by atoms with Gasteiger partial charge in [-0.25, -0.2) is 9.59 Å². The number of rotatable bonds is 5. The first-order valence-corrected chi connectivity index (χ1v) is 9.72. The maximum Gasteiger partial charge on any atom is 0.328 e. The highest BCUT2D eigenvalue weighted by molar-refractivity contribution is 5.89. The van der Waals surface area contributed by atoms with Crippen molar-refractivity contribution in [2.75, 3.05) is 51.4 Å². The monoisotopic (exact) mass is 406 g/mol. The predicted octanol–water partition coefficient (Wildman–Crippen LogP) is 1.80. The van der Waals surface area contributed by atoms with E-state index in [0.29, 0.717) is 18.1 Å². The minimum Gasteiger partial charge on any atom is -0.490 e. The van der Waals surface area contributed by atoms with E-state index < -0.39 is 11.9 Å². The molecule has 3 rings (SSSR count). The normalized spacial score (nSPS) is 18.0. The summed E-state index contributed by atoms with van der Waals surface area (Å²) >= 11 is 0. The van der Waals surface area contributed by atoms with Gasteiger partial charge in [0.05, 0.1) is 18.8 Å². The topological polar surface area (TPSA) is 108 Å². The summed E-state index contributed by atoms with van der Waals surface area (Å²) in [6.07, 6.45) is 2.21. The molecule has 0 radical (unpaired) electrons. The Balaban J connectivity index is 0.000000321. The number of carboxylic acid groups (broad SMARTS) is 2. The van der Waals surface area contributed by atoms with Crippen LogP contribution in [0.3, 0.4) is 0 Å². The second kappa shape index (κ2) is 10.8. The van der Waals surface area contributed by atoms with Crippen LogP contribution in [0.15, 0.2) is 18.2 Å². The SMILES string of the molecule is COCCN1CCOc2cc3c(c(C)c21)C(C)CNCC3.O=C(O)/C=C/C(=O)O. The summed E-state index contributed by atoms with van der Waals surface area (Å²) in [4.78, 5) is 21.5. The summed E-state index contributed by atoms with van der Waals surface area (Å²) in [6, 6.07) is 2.28. The first kappa shape index (κ1) is 22.7. The molecule has 8 heteroatoms. The number of carboxylic acids is 2. The van der Waals surface area contributed by atoms with Gasteiger partial charge in [-0.15, -0.1) is 0 Å². The van der Waals surface area contributed by atoms with Gasteiger partial charge in [-0.05, 0) is 48.6 Å². The van der Waals surface area contributed by atoms with Crippen LogP contribution in [0.2, 0.25) is 0 Å². The van der Waals surface area contributed by atoms with Gasteiger partial charge in [0.2, 0.25) is 0 Å². The fourth-order valence-electron chi connectivity index (χ4n) is 3.84. The molecule has 160 valence electrons. The highest BCUT2D eigenvalue weighted by Gasteiger charge is 2.26. The van der Waals surface area contributed by atoms with Crippen molar-refractivity contribution in [3.8, 4) is 5.75 Å². The highest BCUT2D eigenvalue weighted by atomic mass is 16.5. The Morgan fingerprint density at radius 1 is 1.34 bits per heavy atom. The molecule has 0 bridgehead atoms. The van der Waals surface area contributed by atoms with Crippen LogP contribution >= 0.6 is 0 Å². The third-order valence-corrected chi connectivity index (χ3v) is 5.03. The fourth-order valence-corrected chi connectivity index (χ4v) is 3.84. The van der Waals surface area contributed by atoms with E-state index in [4.69, 9.17) is 19.7 Å². The molecule has 0 fully saturated rings. The molecule has 0 aliphatic carbocycles. The molecular weight excluding hydrogens is 376 g/mol. The van der Waals surface area contributed by atoms with Crippen LogP contribution in [0, 0.1) is 6.92 Å². The molecule has 2 aliphatic heterocycles. The van der Waals surface area contributed by atoms with Gasteiger partial charge in [-0.1, -0.05) is 6.92 Å². The van der Waals surface area contributed by atoms with Gasteiger partial charge in [0.15, 0.2) is 0 Å². The van der Waals surface area contributed by atoms with Gasteiger partial charge in [-0.2, -0.15) is 0 Å². The molecule has 1 unspecified atom stereocenters. The summed E-state index contributed by atoms with van der Waals surface area (Å²) in [5.74, 6) is -0.901. The van der Waals surface area contributed by atoms with Crippen LogP contribution in [0.1, 0.15) is 29.5 Å². The highest BCUT2D eigenvalue weighted by Crippen LogP contribution is 2.41. The number of methoxy groups -OCH3 is 1. The van der Waals surface area contributed by atoms with Gasteiger partial charge < -0.3 is 29.9 Å². The average Bonchev–Trinajstić information content (AvgIpc) is 2.86. The third kappa shape index (κ3) is 6.20. The zero-order chi connectivity index (χ0) is 21.4. The van der Waals surface area contributed by atoms with Crippen LogP contribution in [-0.2, 0) is 20.7 Å². The first-order chi connectivity index (χ1) is 13.8. The largest absolute Gasteiger partial charge is 0.490 e. The fraction of sp³-hybridized carbons (Fsp3) is 0.524. The lowest BCUT2D eigenvalue weighted by Gasteiger charge is -2.34. The molecule has 2 heterocycles. The first-order valence-electron chi connectivity index (χ1n) is 9.72. The number of benzene rings is 1. The van der Waals surface area contributed by atoms with Crippen molar-refractivity contribution in [1.82, 2.24) is 5.32 Å². The van der Waals surface area contributed by atoms with Crippen LogP contribution in [0.5, 0.6) is 5.75 Å². The summed E-state index contributed by atoms with van der Waals surface area (Å²) in [7, 11) is 1.76. The van der Waals surface area contributed by atoms with E-state index in [0.717, 1.165) is 51.6 Å². The van der Waals surface area contributed by atoms with E-state index in [1.54, 1.807) is 7.11 Å². The molecule has 2 aliphatic rings. The third-order valence-electron chi connectivity index (χ3n) is 5.03. The molecule has 0 saturated heterocycles. The number of carbonyl (C=O) groups is 2. The minimum atomic E-state index is -1.26. The Hall–Kier alpha value is -2.58. The van der Waals surface area contributed by atoms with Crippen LogP contribution < -0.4 is 15.0 Å². The Bertz CT molecular complexity index is 746. The summed E-state index contributed by atoms with van der Waals surface area (Å²) in [5.41, 5.74) is 5.66. The Kier molecular flexibility index (Phi) is 8.48. The molecule has 29 heavy (non-hydrogen) atoms. The van der Waals surface area contributed by atoms with E-state index >= 15 is 0 Å². The van der Waals surface area contributed by atoms with Crippen LogP contribution in [0.25, 0.3) is 0 Å². The summed E-state index contributed by atoms with van der Waals surface area (Å²) in [6.45, 7) is 10.1. The van der Waals surface area contributed by atoms with E-state index in [9.17, 15) is 9.59 Å². The zero-order valence-electron chi connectivity index (χ0n) is 17.2. The van der Waals surface area contributed by atoms with Crippen molar-refractivity contribution < 1.29 is 29.3 Å². The lowest BCUT2D eigenvalue weighted by atomic mass is 9.89. The number of nitrogens with one attached hydrogen (secondary N) is 1.